The van der Waals surface area contributed by atoms with Crippen LogP contribution in [0.15, 0.2) is 18.2 Å². The van der Waals surface area contributed by atoms with Crippen molar-refractivity contribution in [2.75, 3.05) is 26.2 Å². The van der Waals surface area contributed by atoms with E-state index in [-0.39, 0.29) is 5.91 Å². The van der Waals surface area contributed by atoms with E-state index >= 15 is 0 Å². The van der Waals surface area contributed by atoms with Gasteiger partial charge < -0.3 is 10.2 Å². The SMILES string of the molecule is O=C(Cc1ccc(Cl)c(Cl)c1)N1CCC2(CCNC2)CC1. The van der Waals surface area contributed by atoms with Crippen LogP contribution < -0.4 is 5.32 Å². The van der Waals surface area contributed by atoms with Crippen LogP contribution in [-0.2, 0) is 11.2 Å². The number of likely N-dealkylation sites (tertiary alicyclic amines) is 1. The molecule has 0 radical (unpaired) electrons. The van der Waals surface area contributed by atoms with Crippen LogP contribution >= 0.6 is 23.2 Å². The van der Waals surface area contributed by atoms with Crippen molar-refractivity contribution >= 4 is 29.1 Å². The van der Waals surface area contributed by atoms with Gasteiger partial charge in [-0.05, 0) is 48.9 Å². The van der Waals surface area contributed by atoms with E-state index in [1.807, 2.05) is 11.0 Å². The molecule has 0 saturated carbocycles. The highest BCUT2D eigenvalue weighted by Gasteiger charge is 2.37. The summed E-state index contributed by atoms with van der Waals surface area (Å²) < 4.78 is 0. The highest BCUT2D eigenvalue weighted by molar-refractivity contribution is 6.42. The number of hydrogen-bond donors (Lipinski definition) is 1. The third-order valence-electron chi connectivity index (χ3n) is 4.85. The Morgan fingerprint density at radius 1 is 1.19 bits per heavy atom. The Hall–Kier alpha value is -0.770. The van der Waals surface area contributed by atoms with Crippen molar-refractivity contribution in [2.45, 2.75) is 25.7 Å². The van der Waals surface area contributed by atoms with Gasteiger partial charge in [-0.1, -0.05) is 29.3 Å². The lowest BCUT2D eigenvalue weighted by Crippen LogP contribution is -2.44. The summed E-state index contributed by atoms with van der Waals surface area (Å²) in [7, 11) is 0. The first kappa shape index (κ1) is 15.1. The van der Waals surface area contributed by atoms with E-state index < -0.39 is 0 Å². The highest BCUT2D eigenvalue weighted by Crippen LogP contribution is 2.37. The van der Waals surface area contributed by atoms with Gasteiger partial charge in [0.2, 0.25) is 5.91 Å². The lowest BCUT2D eigenvalue weighted by Gasteiger charge is -2.39. The molecule has 3 rings (SSSR count). The lowest BCUT2D eigenvalue weighted by atomic mass is 9.78. The van der Waals surface area contributed by atoms with Gasteiger partial charge in [-0.15, -0.1) is 0 Å². The molecule has 2 heterocycles. The third kappa shape index (κ3) is 3.36. The summed E-state index contributed by atoms with van der Waals surface area (Å²) in [4.78, 5) is 14.4. The number of amides is 1. The highest BCUT2D eigenvalue weighted by atomic mass is 35.5. The van der Waals surface area contributed by atoms with E-state index in [1.165, 1.54) is 6.42 Å². The Balaban J connectivity index is 1.57. The number of rotatable bonds is 2. The summed E-state index contributed by atoms with van der Waals surface area (Å²) in [5.74, 6) is 0.189. The molecule has 0 aliphatic carbocycles. The molecule has 1 aromatic carbocycles. The normalized spacial score (nSPS) is 21.0. The number of piperidine rings is 1. The Labute approximate surface area is 135 Å². The second kappa shape index (κ2) is 6.15. The minimum absolute atomic E-state index is 0.189. The molecule has 0 unspecified atom stereocenters. The van der Waals surface area contributed by atoms with Crippen LogP contribution in [0.25, 0.3) is 0 Å². The quantitative estimate of drug-likeness (QED) is 0.905. The molecule has 21 heavy (non-hydrogen) atoms. The lowest BCUT2D eigenvalue weighted by molar-refractivity contribution is -0.132. The van der Waals surface area contributed by atoms with Gasteiger partial charge in [0.15, 0.2) is 0 Å². The number of nitrogens with zero attached hydrogens (tertiary/aromatic N) is 1. The van der Waals surface area contributed by atoms with E-state index in [1.54, 1.807) is 12.1 Å². The molecular weight excluding hydrogens is 307 g/mol. The zero-order chi connectivity index (χ0) is 14.9. The van der Waals surface area contributed by atoms with Crippen molar-refractivity contribution in [1.29, 1.82) is 0 Å². The molecule has 1 spiro atoms. The van der Waals surface area contributed by atoms with Gasteiger partial charge in [-0.3, -0.25) is 4.79 Å². The van der Waals surface area contributed by atoms with E-state index in [4.69, 9.17) is 23.2 Å². The van der Waals surface area contributed by atoms with Crippen LogP contribution in [0.3, 0.4) is 0 Å². The molecule has 0 atom stereocenters. The van der Waals surface area contributed by atoms with Crippen LogP contribution in [0.4, 0.5) is 0 Å². The summed E-state index contributed by atoms with van der Waals surface area (Å²) in [5, 5.41) is 4.49. The fraction of sp³-hybridized carbons (Fsp3) is 0.562. The molecule has 0 aromatic heterocycles. The molecule has 1 N–H and O–H groups in total. The molecule has 114 valence electrons. The minimum Gasteiger partial charge on any atom is -0.342 e. The fourth-order valence-corrected chi connectivity index (χ4v) is 3.71. The van der Waals surface area contributed by atoms with Crippen molar-refractivity contribution < 1.29 is 4.79 Å². The van der Waals surface area contributed by atoms with Crippen molar-refractivity contribution in [3.63, 3.8) is 0 Å². The van der Waals surface area contributed by atoms with Gasteiger partial charge in [0.05, 0.1) is 16.5 Å². The van der Waals surface area contributed by atoms with Crippen molar-refractivity contribution in [3.8, 4) is 0 Å². The molecule has 2 fully saturated rings. The first-order valence-electron chi connectivity index (χ1n) is 7.50. The van der Waals surface area contributed by atoms with Gasteiger partial charge in [0.25, 0.3) is 0 Å². The molecule has 3 nitrogen and oxygen atoms in total. The molecule has 2 saturated heterocycles. The fourth-order valence-electron chi connectivity index (χ4n) is 3.39. The van der Waals surface area contributed by atoms with Crippen LogP contribution in [-0.4, -0.2) is 37.0 Å². The van der Waals surface area contributed by atoms with Crippen LogP contribution in [0.5, 0.6) is 0 Å². The topological polar surface area (TPSA) is 32.3 Å². The standard InChI is InChI=1S/C16H20Cl2N2O/c17-13-2-1-12(9-14(13)18)10-15(21)20-7-4-16(5-8-20)3-6-19-11-16/h1-2,9,19H,3-8,10-11H2. The maximum Gasteiger partial charge on any atom is 0.226 e. The molecule has 1 amide bonds. The van der Waals surface area contributed by atoms with E-state index in [0.29, 0.717) is 21.9 Å². The number of carbonyl (C=O) groups excluding carboxylic acids is 1. The minimum atomic E-state index is 0.189. The molecule has 0 bridgehead atoms. The molecule has 1 aromatic rings. The van der Waals surface area contributed by atoms with Crippen LogP contribution in [0.2, 0.25) is 10.0 Å². The zero-order valence-corrected chi connectivity index (χ0v) is 13.5. The summed E-state index contributed by atoms with van der Waals surface area (Å²) in [6, 6.07) is 5.41. The second-order valence-electron chi connectivity index (χ2n) is 6.23. The first-order valence-corrected chi connectivity index (χ1v) is 8.26. The monoisotopic (exact) mass is 326 g/mol. The predicted octanol–water partition coefficient (Wildman–Crippen LogP) is 3.14. The van der Waals surface area contributed by atoms with Gasteiger partial charge in [0.1, 0.15) is 0 Å². The average Bonchev–Trinajstić information content (AvgIpc) is 2.92. The summed E-state index contributed by atoms with van der Waals surface area (Å²) in [6.07, 6.45) is 3.89. The molecular formula is C16H20Cl2N2O. The zero-order valence-electron chi connectivity index (χ0n) is 12.0. The Bertz CT molecular complexity index is 531. The van der Waals surface area contributed by atoms with Crippen LogP contribution in [0, 0.1) is 5.41 Å². The summed E-state index contributed by atoms with van der Waals surface area (Å²) >= 11 is 11.9. The largest absolute Gasteiger partial charge is 0.342 e. The van der Waals surface area contributed by atoms with Crippen molar-refractivity contribution in [1.82, 2.24) is 10.2 Å². The van der Waals surface area contributed by atoms with Crippen molar-refractivity contribution in [3.05, 3.63) is 33.8 Å². The molecule has 2 aliphatic heterocycles. The van der Waals surface area contributed by atoms with E-state index in [2.05, 4.69) is 5.32 Å². The first-order chi connectivity index (χ1) is 10.1. The maximum absolute atomic E-state index is 12.4. The van der Waals surface area contributed by atoms with Gasteiger partial charge in [-0.25, -0.2) is 0 Å². The predicted molar refractivity (Wildman–Crippen MR) is 85.9 cm³/mol. The Kier molecular flexibility index (Phi) is 4.43. The van der Waals surface area contributed by atoms with E-state index in [9.17, 15) is 4.79 Å². The van der Waals surface area contributed by atoms with Gasteiger partial charge in [0, 0.05) is 19.6 Å². The third-order valence-corrected chi connectivity index (χ3v) is 5.59. The Morgan fingerprint density at radius 2 is 1.95 bits per heavy atom. The van der Waals surface area contributed by atoms with Crippen molar-refractivity contribution in [2.24, 2.45) is 5.41 Å². The smallest absolute Gasteiger partial charge is 0.226 e. The molecule has 5 heteroatoms. The molecule has 2 aliphatic rings. The average molecular weight is 327 g/mol. The number of benzene rings is 1. The number of hydrogen-bond acceptors (Lipinski definition) is 2. The summed E-state index contributed by atoms with van der Waals surface area (Å²) in [6.45, 7) is 3.99. The van der Waals surface area contributed by atoms with Gasteiger partial charge in [-0.2, -0.15) is 0 Å². The summed E-state index contributed by atoms with van der Waals surface area (Å²) in [5.41, 5.74) is 1.37. The maximum atomic E-state index is 12.4. The number of halogens is 2. The van der Waals surface area contributed by atoms with E-state index in [0.717, 1.165) is 44.6 Å². The number of nitrogens with one attached hydrogen (secondary N) is 1. The van der Waals surface area contributed by atoms with Gasteiger partial charge >= 0.3 is 0 Å². The van der Waals surface area contributed by atoms with Crippen LogP contribution in [0.1, 0.15) is 24.8 Å². The second-order valence-corrected chi connectivity index (χ2v) is 7.05. The Morgan fingerprint density at radius 3 is 2.57 bits per heavy atom. The number of carbonyl (C=O) groups is 1.